The van der Waals surface area contributed by atoms with Crippen molar-refractivity contribution in [3.05, 3.63) is 34.9 Å². The van der Waals surface area contributed by atoms with E-state index in [1.54, 1.807) is 0 Å². The quantitative estimate of drug-likeness (QED) is 0.877. The minimum absolute atomic E-state index is 0.0429. The number of rotatable bonds is 5. The van der Waals surface area contributed by atoms with Crippen molar-refractivity contribution in [1.29, 1.82) is 0 Å². The maximum atomic E-state index is 12.3. The lowest BCUT2D eigenvalue weighted by Gasteiger charge is -2.30. The normalized spacial score (nSPS) is 15.0. The molecule has 0 fully saturated rings. The molecule has 0 spiro atoms. The predicted octanol–water partition coefficient (Wildman–Crippen LogP) is 3.18. The summed E-state index contributed by atoms with van der Waals surface area (Å²) in [6.07, 6.45) is -4.53. The van der Waals surface area contributed by atoms with Crippen molar-refractivity contribution in [1.82, 2.24) is 5.32 Å². The van der Waals surface area contributed by atoms with Gasteiger partial charge in [-0.05, 0) is 24.1 Å². The first-order valence-electron chi connectivity index (χ1n) is 5.52. The molecular weight excluding hydrogens is 283 g/mol. The summed E-state index contributed by atoms with van der Waals surface area (Å²) < 4.78 is 36.9. The van der Waals surface area contributed by atoms with Crippen LogP contribution in [0.1, 0.15) is 18.9 Å². The molecule has 1 aromatic carbocycles. The molecule has 3 nitrogen and oxygen atoms in total. The van der Waals surface area contributed by atoms with E-state index in [-0.39, 0.29) is 17.0 Å². The van der Waals surface area contributed by atoms with Crippen LogP contribution in [-0.2, 0) is 10.3 Å². The molecule has 0 heterocycles. The van der Waals surface area contributed by atoms with Gasteiger partial charge in [0.05, 0.1) is 6.54 Å². The summed E-state index contributed by atoms with van der Waals surface area (Å²) in [4.78, 5) is 11.4. The molecular formula is C12H13ClF3NO2. The molecule has 0 aliphatic heterocycles. The van der Waals surface area contributed by atoms with Gasteiger partial charge in [0, 0.05) is 5.02 Å². The van der Waals surface area contributed by atoms with Crippen molar-refractivity contribution in [2.75, 3.05) is 6.54 Å². The third-order valence-corrected chi connectivity index (χ3v) is 3.04. The highest BCUT2D eigenvalue weighted by atomic mass is 35.5. The molecule has 0 saturated carbocycles. The van der Waals surface area contributed by atoms with Gasteiger partial charge >= 0.3 is 12.1 Å². The smallest absolute Gasteiger partial charge is 0.401 e. The molecule has 2 N–H and O–H groups in total. The van der Waals surface area contributed by atoms with Crippen LogP contribution in [0.25, 0.3) is 0 Å². The largest absolute Gasteiger partial charge is 0.480 e. The summed E-state index contributed by atoms with van der Waals surface area (Å²) >= 11 is 5.76. The first-order valence-corrected chi connectivity index (χ1v) is 5.90. The number of nitrogens with one attached hydrogen (secondary N) is 1. The van der Waals surface area contributed by atoms with Gasteiger partial charge in [0.2, 0.25) is 0 Å². The van der Waals surface area contributed by atoms with Crippen molar-refractivity contribution in [3.8, 4) is 0 Å². The van der Waals surface area contributed by atoms with Crippen molar-refractivity contribution >= 4 is 17.6 Å². The van der Waals surface area contributed by atoms with Crippen LogP contribution >= 0.6 is 11.6 Å². The Labute approximate surface area is 113 Å². The van der Waals surface area contributed by atoms with Gasteiger partial charge < -0.3 is 5.11 Å². The Morgan fingerprint density at radius 2 is 2.05 bits per heavy atom. The van der Waals surface area contributed by atoms with Gasteiger partial charge in [-0.1, -0.05) is 30.7 Å². The zero-order valence-electron chi connectivity index (χ0n) is 10.1. The van der Waals surface area contributed by atoms with E-state index in [0.717, 1.165) is 0 Å². The highest BCUT2D eigenvalue weighted by Crippen LogP contribution is 2.29. The second-order valence-electron chi connectivity index (χ2n) is 4.04. The number of aliphatic carboxylic acids is 1. The number of halogens is 4. The fourth-order valence-electron chi connectivity index (χ4n) is 1.79. The SMILES string of the molecule is CCC(NCC(F)(F)F)(C(=O)O)c1cccc(Cl)c1. The summed E-state index contributed by atoms with van der Waals surface area (Å²) in [5.74, 6) is -1.37. The Balaban J connectivity index is 3.16. The first-order chi connectivity index (χ1) is 8.71. The second kappa shape index (κ2) is 5.79. The van der Waals surface area contributed by atoms with E-state index in [0.29, 0.717) is 0 Å². The van der Waals surface area contributed by atoms with Gasteiger partial charge in [0.25, 0.3) is 0 Å². The fraction of sp³-hybridized carbons (Fsp3) is 0.417. The second-order valence-corrected chi connectivity index (χ2v) is 4.48. The summed E-state index contributed by atoms with van der Waals surface area (Å²) in [7, 11) is 0. The number of benzene rings is 1. The van der Waals surface area contributed by atoms with Crippen molar-refractivity contribution in [3.63, 3.8) is 0 Å². The highest BCUT2D eigenvalue weighted by molar-refractivity contribution is 6.30. The molecule has 1 atom stereocenters. The van der Waals surface area contributed by atoms with Gasteiger partial charge in [-0.25, -0.2) is 4.79 Å². The lowest BCUT2D eigenvalue weighted by molar-refractivity contribution is -0.151. The molecule has 1 aromatic rings. The van der Waals surface area contributed by atoms with E-state index in [1.165, 1.54) is 31.2 Å². The Hall–Kier alpha value is -1.27. The maximum absolute atomic E-state index is 12.3. The van der Waals surface area contributed by atoms with Gasteiger partial charge in [-0.2, -0.15) is 13.2 Å². The van der Waals surface area contributed by atoms with Crippen LogP contribution in [0.2, 0.25) is 5.02 Å². The van der Waals surface area contributed by atoms with Crippen LogP contribution in [0.5, 0.6) is 0 Å². The number of hydrogen-bond donors (Lipinski definition) is 2. The van der Waals surface area contributed by atoms with Crippen LogP contribution in [0.15, 0.2) is 24.3 Å². The maximum Gasteiger partial charge on any atom is 0.401 e. The highest BCUT2D eigenvalue weighted by Gasteiger charge is 2.41. The van der Waals surface area contributed by atoms with E-state index >= 15 is 0 Å². The van der Waals surface area contributed by atoms with Crippen LogP contribution in [0, 0.1) is 0 Å². The Kier molecular flexibility index (Phi) is 4.81. The number of hydrogen-bond acceptors (Lipinski definition) is 2. The third kappa shape index (κ3) is 3.84. The summed E-state index contributed by atoms with van der Waals surface area (Å²) in [5, 5.41) is 11.6. The molecule has 19 heavy (non-hydrogen) atoms. The lowest BCUT2D eigenvalue weighted by atomic mass is 9.87. The molecule has 0 aromatic heterocycles. The zero-order chi connectivity index (χ0) is 14.7. The molecule has 0 aliphatic rings. The monoisotopic (exact) mass is 295 g/mol. The van der Waals surface area contributed by atoms with E-state index in [1.807, 2.05) is 0 Å². The molecule has 1 rings (SSSR count). The van der Waals surface area contributed by atoms with Crippen molar-refractivity contribution in [2.24, 2.45) is 0 Å². The van der Waals surface area contributed by atoms with Gasteiger partial charge in [0.15, 0.2) is 0 Å². The van der Waals surface area contributed by atoms with Crippen LogP contribution in [0.4, 0.5) is 13.2 Å². The summed E-state index contributed by atoms with van der Waals surface area (Å²) in [6.45, 7) is 0.109. The molecule has 0 aliphatic carbocycles. The zero-order valence-corrected chi connectivity index (χ0v) is 10.8. The van der Waals surface area contributed by atoms with Gasteiger partial charge in [-0.15, -0.1) is 0 Å². The standard InChI is InChI=1S/C12H13ClF3NO2/c1-2-11(10(18)19,17-7-12(14,15)16)8-4-3-5-9(13)6-8/h3-6,17H,2,7H2,1H3,(H,18,19). The fourth-order valence-corrected chi connectivity index (χ4v) is 1.98. The third-order valence-electron chi connectivity index (χ3n) is 2.80. The van der Waals surface area contributed by atoms with Gasteiger partial charge in [-0.3, -0.25) is 5.32 Å². The van der Waals surface area contributed by atoms with E-state index in [9.17, 15) is 23.1 Å². The van der Waals surface area contributed by atoms with Crippen LogP contribution in [-0.4, -0.2) is 23.8 Å². The summed E-state index contributed by atoms with van der Waals surface area (Å²) in [5.41, 5.74) is -1.61. The van der Waals surface area contributed by atoms with E-state index in [2.05, 4.69) is 5.32 Å². The summed E-state index contributed by atoms with van der Waals surface area (Å²) in [6, 6.07) is 5.81. The molecule has 1 unspecified atom stereocenters. The van der Waals surface area contributed by atoms with E-state index < -0.39 is 24.2 Å². The van der Waals surface area contributed by atoms with E-state index in [4.69, 9.17) is 11.6 Å². The molecule has 0 radical (unpaired) electrons. The average molecular weight is 296 g/mol. The molecule has 0 saturated heterocycles. The molecule has 0 amide bonds. The molecule has 0 bridgehead atoms. The molecule has 106 valence electrons. The first kappa shape index (κ1) is 15.8. The lowest BCUT2D eigenvalue weighted by Crippen LogP contribution is -2.51. The van der Waals surface area contributed by atoms with Crippen molar-refractivity contribution in [2.45, 2.75) is 25.1 Å². The van der Waals surface area contributed by atoms with Crippen LogP contribution < -0.4 is 5.32 Å². The van der Waals surface area contributed by atoms with Crippen molar-refractivity contribution < 1.29 is 23.1 Å². The number of alkyl halides is 3. The Morgan fingerprint density at radius 1 is 1.42 bits per heavy atom. The van der Waals surface area contributed by atoms with Crippen LogP contribution in [0.3, 0.4) is 0 Å². The predicted molar refractivity (Wildman–Crippen MR) is 65.1 cm³/mol. The number of carboxylic acids is 1. The number of carbonyl (C=O) groups is 1. The topological polar surface area (TPSA) is 49.3 Å². The van der Waals surface area contributed by atoms with Gasteiger partial charge in [0.1, 0.15) is 5.54 Å². The molecule has 7 heteroatoms. The minimum atomic E-state index is -4.49. The number of carboxylic acid groups (broad SMARTS) is 1. The average Bonchev–Trinajstić information content (AvgIpc) is 2.28. The Bertz CT molecular complexity index is 465. The Morgan fingerprint density at radius 3 is 2.47 bits per heavy atom. The minimum Gasteiger partial charge on any atom is -0.480 e.